The van der Waals surface area contributed by atoms with E-state index in [1.165, 1.54) is 22.3 Å². The number of nitrogens with zero attached hydrogens (tertiary/aromatic N) is 1. The standard InChI is InChI=1S/C14H23N3/c1-10-8-11(2)13(12(3)9-10)6-4-5-7-17-14(15)16/h8-9H,4-7H2,1-3H3,(H4,15,16,17). The fraction of sp³-hybridized carbons (Fsp3) is 0.500. The van der Waals surface area contributed by atoms with Gasteiger partial charge in [0, 0.05) is 6.54 Å². The van der Waals surface area contributed by atoms with Gasteiger partial charge in [-0.05, 0) is 56.7 Å². The van der Waals surface area contributed by atoms with Gasteiger partial charge in [0.05, 0.1) is 0 Å². The van der Waals surface area contributed by atoms with Crippen LogP contribution in [0.2, 0.25) is 0 Å². The van der Waals surface area contributed by atoms with Gasteiger partial charge in [-0.3, -0.25) is 4.99 Å². The number of guanidine groups is 1. The van der Waals surface area contributed by atoms with Crippen LogP contribution in [-0.4, -0.2) is 12.5 Å². The number of benzene rings is 1. The molecule has 1 rings (SSSR count). The van der Waals surface area contributed by atoms with Crippen molar-refractivity contribution in [3.05, 3.63) is 34.4 Å². The van der Waals surface area contributed by atoms with Gasteiger partial charge in [0.15, 0.2) is 5.96 Å². The lowest BCUT2D eigenvalue weighted by Gasteiger charge is -2.10. The van der Waals surface area contributed by atoms with E-state index in [2.05, 4.69) is 37.9 Å². The first-order valence-electron chi connectivity index (χ1n) is 6.13. The van der Waals surface area contributed by atoms with Crippen molar-refractivity contribution in [3.8, 4) is 0 Å². The highest BCUT2D eigenvalue weighted by atomic mass is 15.0. The second-order valence-electron chi connectivity index (χ2n) is 4.64. The highest BCUT2D eigenvalue weighted by Gasteiger charge is 2.03. The first kappa shape index (κ1) is 13.6. The zero-order chi connectivity index (χ0) is 12.8. The molecule has 0 aromatic heterocycles. The minimum absolute atomic E-state index is 0.188. The molecule has 0 amide bonds. The highest BCUT2D eigenvalue weighted by molar-refractivity contribution is 5.75. The van der Waals surface area contributed by atoms with Gasteiger partial charge < -0.3 is 11.5 Å². The molecular formula is C14H23N3. The van der Waals surface area contributed by atoms with E-state index in [-0.39, 0.29) is 5.96 Å². The van der Waals surface area contributed by atoms with Crippen LogP contribution in [0.25, 0.3) is 0 Å². The summed E-state index contributed by atoms with van der Waals surface area (Å²) < 4.78 is 0. The lowest BCUT2D eigenvalue weighted by molar-refractivity contribution is 0.739. The van der Waals surface area contributed by atoms with Gasteiger partial charge >= 0.3 is 0 Å². The number of hydrogen-bond acceptors (Lipinski definition) is 1. The van der Waals surface area contributed by atoms with Crippen molar-refractivity contribution in [3.63, 3.8) is 0 Å². The summed E-state index contributed by atoms with van der Waals surface area (Å²) in [6.07, 6.45) is 3.27. The molecule has 0 aliphatic carbocycles. The average molecular weight is 233 g/mol. The molecule has 0 saturated carbocycles. The van der Waals surface area contributed by atoms with E-state index in [0.29, 0.717) is 0 Å². The van der Waals surface area contributed by atoms with Gasteiger partial charge in [0.25, 0.3) is 0 Å². The van der Waals surface area contributed by atoms with Crippen LogP contribution < -0.4 is 11.5 Å². The van der Waals surface area contributed by atoms with Crippen molar-refractivity contribution in [2.45, 2.75) is 40.0 Å². The second kappa shape index (κ2) is 6.28. The Morgan fingerprint density at radius 1 is 1.06 bits per heavy atom. The Morgan fingerprint density at radius 3 is 2.18 bits per heavy atom. The Hall–Kier alpha value is -1.51. The minimum Gasteiger partial charge on any atom is -0.370 e. The maximum absolute atomic E-state index is 5.28. The highest BCUT2D eigenvalue weighted by Crippen LogP contribution is 2.18. The van der Waals surface area contributed by atoms with Crippen LogP contribution in [0.3, 0.4) is 0 Å². The van der Waals surface area contributed by atoms with E-state index in [4.69, 9.17) is 11.5 Å². The Labute approximate surface area is 104 Å². The number of aliphatic imine (C=N–C) groups is 1. The summed E-state index contributed by atoms with van der Waals surface area (Å²) >= 11 is 0. The zero-order valence-electron chi connectivity index (χ0n) is 11.1. The van der Waals surface area contributed by atoms with Crippen LogP contribution in [0.1, 0.15) is 35.1 Å². The van der Waals surface area contributed by atoms with Gasteiger partial charge in [0.2, 0.25) is 0 Å². The van der Waals surface area contributed by atoms with Gasteiger partial charge in [-0.2, -0.15) is 0 Å². The van der Waals surface area contributed by atoms with Crippen molar-refractivity contribution >= 4 is 5.96 Å². The van der Waals surface area contributed by atoms with Crippen molar-refractivity contribution in [1.82, 2.24) is 0 Å². The van der Waals surface area contributed by atoms with E-state index >= 15 is 0 Å². The van der Waals surface area contributed by atoms with E-state index in [0.717, 1.165) is 25.8 Å². The van der Waals surface area contributed by atoms with E-state index < -0.39 is 0 Å². The number of rotatable bonds is 5. The fourth-order valence-electron chi connectivity index (χ4n) is 2.23. The fourth-order valence-corrected chi connectivity index (χ4v) is 2.23. The Balaban J connectivity index is 2.50. The maximum atomic E-state index is 5.28. The normalized spacial score (nSPS) is 10.3. The third-order valence-electron chi connectivity index (χ3n) is 2.97. The molecule has 0 bridgehead atoms. The summed E-state index contributed by atoms with van der Waals surface area (Å²) in [5.41, 5.74) is 16.2. The number of unbranched alkanes of at least 4 members (excludes halogenated alkanes) is 1. The lowest BCUT2D eigenvalue weighted by atomic mass is 9.96. The van der Waals surface area contributed by atoms with Crippen LogP contribution in [0.4, 0.5) is 0 Å². The van der Waals surface area contributed by atoms with Crippen molar-refractivity contribution < 1.29 is 0 Å². The van der Waals surface area contributed by atoms with Gasteiger partial charge in [-0.25, -0.2) is 0 Å². The smallest absolute Gasteiger partial charge is 0.185 e. The van der Waals surface area contributed by atoms with Gasteiger partial charge in [-0.1, -0.05) is 17.7 Å². The van der Waals surface area contributed by atoms with Gasteiger partial charge in [-0.15, -0.1) is 0 Å². The molecule has 0 unspecified atom stereocenters. The van der Waals surface area contributed by atoms with E-state index in [9.17, 15) is 0 Å². The third-order valence-corrected chi connectivity index (χ3v) is 2.97. The molecule has 0 spiro atoms. The summed E-state index contributed by atoms with van der Waals surface area (Å²) in [6.45, 7) is 7.24. The summed E-state index contributed by atoms with van der Waals surface area (Å²) in [7, 11) is 0. The molecule has 1 aromatic carbocycles. The minimum atomic E-state index is 0.188. The Kier molecular flexibility index (Phi) is 5.01. The first-order chi connectivity index (χ1) is 8.00. The molecule has 0 radical (unpaired) electrons. The van der Waals surface area contributed by atoms with E-state index in [1.54, 1.807) is 0 Å². The summed E-state index contributed by atoms with van der Waals surface area (Å²) in [5.74, 6) is 0.188. The predicted octanol–water partition coefficient (Wildman–Crippen LogP) is 2.21. The molecule has 17 heavy (non-hydrogen) atoms. The molecule has 4 N–H and O–H groups in total. The van der Waals surface area contributed by atoms with Crippen molar-refractivity contribution in [1.29, 1.82) is 0 Å². The zero-order valence-corrected chi connectivity index (χ0v) is 11.1. The number of hydrogen-bond donors (Lipinski definition) is 2. The quantitative estimate of drug-likeness (QED) is 0.465. The number of aryl methyl sites for hydroxylation is 3. The topological polar surface area (TPSA) is 64.4 Å². The largest absolute Gasteiger partial charge is 0.370 e. The van der Waals surface area contributed by atoms with Crippen LogP contribution in [-0.2, 0) is 6.42 Å². The Morgan fingerprint density at radius 2 is 1.65 bits per heavy atom. The summed E-state index contributed by atoms with van der Waals surface area (Å²) in [6, 6.07) is 4.50. The van der Waals surface area contributed by atoms with Crippen LogP contribution in [0.5, 0.6) is 0 Å². The first-order valence-corrected chi connectivity index (χ1v) is 6.13. The van der Waals surface area contributed by atoms with Crippen LogP contribution >= 0.6 is 0 Å². The predicted molar refractivity (Wildman–Crippen MR) is 74.3 cm³/mol. The molecule has 0 saturated heterocycles. The maximum Gasteiger partial charge on any atom is 0.185 e. The SMILES string of the molecule is Cc1cc(C)c(CCCCN=C(N)N)c(C)c1. The lowest BCUT2D eigenvalue weighted by Crippen LogP contribution is -2.22. The summed E-state index contributed by atoms with van der Waals surface area (Å²) in [5, 5.41) is 0. The molecule has 0 aliphatic rings. The van der Waals surface area contributed by atoms with Gasteiger partial charge in [0.1, 0.15) is 0 Å². The van der Waals surface area contributed by atoms with Crippen LogP contribution in [0.15, 0.2) is 17.1 Å². The Bertz CT molecular complexity index is 381. The summed E-state index contributed by atoms with van der Waals surface area (Å²) in [4.78, 5) is 3.99. The number of nitrogens with two attached hydrogens (primary N) is 2. The molecule has 0 aliphatic heterocycles. The molecule has 94 valence electrons. The van der Waals surface area contributed by atoms with Crippen molar-refractivity contribution in [2.75, 3.05) is 6.54 Å². The molecule has 3 heteroatoms. The molecule has 1 aromatic rings. The molecular weight excluding hydrogens is 210 g/mol. The molecule has 0 heterocycles. The van der Waals surface area contributed by atoms with E-state index in [1.807, 2.05) is 0 Å². The molecule has 3 nitrogen and oxygen atoms in total. The van der Waals surface area contributed by atoms with Crippen molar-refractivity contribution in [2.24, 2.45) is 16.5 Å². The average Bonchev–Trinajstić information content (AvgIpc) is 2.20. The molecule has 0 atom stereocenters. The monoisotopic (exact) mass is 233 g/mol. The van der Waals surface area contributed by atoms with Crippen LogP contribution in [0, 0.1) is 20.8 Å². The molecule has 0 fully saturated rings. The third kappa shape index (κ3) is 4.47. The second-order valence-corrected chi connectivity index (χ2v) is 4.64.